The Morgan fingerprint density at radius 2 is 1.68 bits per heavy atom. The summed E-state index contributed by atoms with van der Waals surface area (Å²) in [5.41, 5.74) is 2.89. The zero-order chi connectivity index (χ0) is 20.1. The fraction of sp³-hybridized carbons (Fsp3) is 0.143. The molecule has 0 bridgehead atoms. The molecule has 0 fully saturated rings. The molecule has 0 aliphatic carbocycles. The molecular weight excluding hydrogens is 529 g/mol. The minimum atomic E-state index is 0.342. The van der Waals surface area contributed by atoms with Gasteiger partial charge < -0.3 is 14.8 Å². The fourth-order valence-electron chi connectivity index (χ4n) is 2.61. The van der Waals surface area contributed by atoms with E-state index in [1.165, 1.54) is 0 Å². The average molecular weight is 546 g/mol. The first-order valence-electron chi connectivity index (χ1n) is 8.39. The smallest absolute Gasteiger partial charge is 0.167 e. The molecule has 0 aliphatic rings. The summed E-state index contributed by atoms with van der Waals surface area (Å²) in [5, 5.41) is 4.43. The van der Waals surface area contributed by atoms with E-state index in [0.717, 1.165) is 25.8 Å². The molecule has 0 heterocycles. The Morgan fingerprint density at radius 1 is 0.929 bits per heavy atom. The highest BCUT2D eigenvalue weighted by molar-refractivity contribution is 9.10. The Morgan fingerprint density at radius 3 is 2.36 bits per heavy atom. The van der Waals surface area contributed by atoms with Crippen molar-refractivity contribution in [1.82, 2.24) is 0 Å². The normalized spacial score (nSPS) is 10.6. The predicted octanol–water partition coefficient (Wildman–Crippen LogP) is 7.72. The molecule has 1 N–H and O–H groups in total. The summed E-state index contributed by atoms with van der Waals surface area (Å²) in [5.74, 6) is 1.34. The Labute approximate surface area is 191 Å². The number of methoxy groups -OCH3 is 1. The number of hydrogen-bond donors (Lipinski definition) is 1. The summed E-state index contributed by atoms with van der Waals surface area (Å²) in [6.45, 7) is 0.908. The zero-order valence-electron chi connectivity index (χ0n) is 14.9. The van der Waals surface area contributed by atoms with Crippen molar-refractivity contribution in [1.29, 1.82) is 0 Å². The second kappa shape index (κ2) is 9.88. The molecule has 7 heteroatoms. The Bertz CT molecular complexity index is 965. The van der Waals surface area contributed by atoms with Gasteiger partial charge in [0, 0.05) is 26.7 Å². The fourth-order valence-corrected chi connectivity index (χ4v) is 3.65. The summed E-state index contributed by atoms with van der Waals surface area (Å²) in [6.07, 6.45) is 0. The largest absolute Gasteiger partial charge is 0.493 e. The summed E-state index contributed by atoms with van der Waals surface area (Å²) in [7, 11) is 1.63. The average Bonchev–Trinajstić information content (AvgIpc) is 2.69. The van der Waals surface area contributed by atoms with E-state index in [1.54, 1.807) is 19.2 Å². The summed E-state index contributed by atoms with van der Waals surface area (Å²) < 4.78 is 13.6. The molecule has 0 aliphatic heterocycles. The topological polar surface area (TPSA) is 30.5 Å². The highest BCUT2D eigenvalue weighted by Gasteiger charge is 2.15. The third-order valence-corrected chi connectivity index (χ3v) is 6.08. The molecule has 0 unspecified atom stereocenters. The van der Waals surface area contributed by atoms with Crippen LogP contribution in [0.5, 0.6) is 11.5 Å². The number of benzene rings is 3. The SMILES string of the molecule is COc1ccc(Br)c(CNc2ccc(Br)cc2)c1OCc1ccc(Cl)c(Cl)c1. The van der Waals surface area contributed by atoms with Crippen LogP contribution in [0.1, 0.15) is 11.1 Å². The standard InChI is InChI=1S/C21H17Br2Cl2NO2/c1-27-20-9-7-17(23)16(11-26-15-5-3-14(22)4-6-15)21(20)28-12-13-2-8-18(24)19(25)10-13/h2-10,26H,11-12H2,1H3. The van der Waals surface area contributed by atoms with E-state index in [9.17, 15) is 0 Å². The van der Waals surface area contributed by atoms with Gasteiger partial charge in [-0.1, -0.05) is 61.1 Å². The van der Waals surface area contributed by atoms with Crippen molar-refractivity contribution in [3.63, 3.8) is 0 Å². The summed E-state index contributed by atoms with van der Waals surface area (Å²) in [6, 6.07) is 17.3. The van der Waals surface area contributed by atoms with E-state index < -0.39 is 0 Å². The second-order valence-electron chi connectivity index (χ2n) is 5.95. The number of nitrogens with one attached hydrogen (secondary N) is 1. The molecule has 0 aromatic heterocycles. The molecule has 0 radical (unpaired) electrons. The van der Waals surface area contributed by atoms with Gasteiger partial charge in [0.1, 0.15) is 6.61 Å². The first-order chi connectivity index (χ1) is 13.5. The Balaban J connectivity index is 1.82. The van der Waals surface area contributed by atoms with E-state index >= 15 is 0 Å². The maximum atomic E-state index is 6.12. The maximum absolute atomic E-state index is 6.12. The molecule has 0 saturated heterocycles. The molecule has 28 heavy (non-hydrogen) atoms. The van der Waals surface area contributed by atoms with Crippen molar-refractivity contribution in [2.24, 2.45) is 0 Å². The van der Waals surface area contributed by atoms with Gasteiger partial charge in [-0.25, -0.2) is 0 Å². The van der Waals surface area contributed by atoms with Crippen LogP contribution in [-0.2, 0) is 13.2 Å². The summed E-state index contributed by atoms with van der Waals surface area (Å²) >= 11 is 19.2. The zero-order valence-corrected chi connectivity index (χ0v) is 19.6. The van der Waals surface area contributed by atoms with Gasteiger partial charge in [0.15, 0.2) is 11.5 Å². The first-order valence-corrected chi connectivity index (χ1v) is 10.7. The first kappa shape index (κ1) is 21.3. The van der Waals surface area contributed by atoms with Crippen LogP contribution in [0.4, 0.5) is 5.69 Å². The molecule has 146 valence electrons. The molecular formula is C21H17Br2Cl2NO2. The number of anilines is 1. The third-order valence-electron chi connectivity index (χ3n) is 4.07. The second-order valence-corrected chi connectivity index (χ2v) is 8.54. The van der Waals surface area contributed by atoms with Crippen LogP contribution in [0.15, 0.2) is 63.5 Å². The van der Waals surface area contributed by atoms with Crippen molar-refractivity contribution in [2.75, 3.05) is 12.4 Å². The Kier molecular flexibility index (Phi) is 7.52. The van der Waals surface area contributed by atoms with Gasteiger partial charge in [-0.05, 0) is 54.1 Å². The molecule has 3 rings (SSSR count). The van der Waals surface area contributed by atoms with Crippen molar-refractivity contribution >= 4 is 60.7 Å². The van der Waals surface area contributed by atoms with Gasteiger partial charge in [-0.3, -0.25) is 0 Å². The van der Waals surface area contributed by atoms with E-state index in [4.69, 9.17) is 32.7 Å². The van der Waals surface area contributed by atoms with Crippen LogP contribution in [0.25, 0.3) is 0 Å². The van der Waals surface area contributed by atoms with Crippen LogP contribution in [0.2, 0.25) is 10.0 Å². The summed E-state index contributed by atoms with van der Waals surface area (Å²) in [4.78, 5) is 0. The molecule has 3 aromatic carbocycles. The van der Waals surface area contributed by atoms with Crippen molar-refractivity contribution in [3.8, 4) is 11.5 Å². The van der Waals surface area contributed by atoms with Crippen LogP contribution >= 0.6 is 55.1 Å². The monoisotopic (exact) mass is 543 g/mol. The lowest BCUT2D eigenvalue weighted by Crippen LogP contribution is -2.06. The van der Waals surface area contributed by atoms with Crippen molar-refractivity contribution in [3.05, 3.63) is 84.7 Å². The molecule has 0 atom stereocenters. The van der Waals surface area contributed by atoms with E-state index in [-0.39, 0.29) is 0 Å². The minimum absolute atomic E-state index is 0.342. The molecule has 0 spiro atoms. The minimum Gasteiger partial charge on any atom is -0.493 e. The lowest BCUT2D eigenvalue weighted by atomic mass is 10.1. The highest BCUT2D eigenvalue weighted by atomic mass is 79.9. The Hall–Kier alpha value is -1.40. The number of halogens is 4. The highest BCUT2D eigenvalue weighted by Crippen LogP contribution is 2.37. The van der Waals surface area contributed by atoms with Gasteiger partial charge in [-0.2, -0.15) is 0 Å². The van der Waals surface area contributed by atoms with Gasteiger partial charge >= 0.3 is 0 Å². The lowest BCUT2D eigenvalue weighted by Gasteiger charge is -2.18. The van der Waals surface area contributed by atoms with Crippen LogP contribution < -0.4 is 14.8 Å². The van der Waals surface area contributed by atoms with E-state index in [2.05, 4.69) is 37.2 Å². The van der Waals surface area contributed by atoms with Crippen molar-refractivity contribution < 1.29 is 9.47 Å². The van der Waals surface area contributed by atoms with Gasteiger partial charge in [-0.15, -0.1) is 0 Å². The molecule has 3 nitrogen and oxygen atoms in total. The molecule has 0 amide bonds. The third kappa shape index (κ3) is 5.35. The maximum Gasteiger partial charge on any atom is 0.167 e. The van der Waals surface area contributed by atoms with Gasteiger partial charge in [0.25, 0.3) is 0 Å². The quantitative estimate of drug-likeness (QED) is 0.330. The number of hydrogen-bond acceptors (Lipinski definition) is 3. The van der Waals surface area contributed by atoms with Crippen LogP contribution in [0, 0.1) is 0 Å². The van der Waals surface area contributed by atoms with Crippen LogP contribution in [0.3, 0.4) is 0 Å². The predicted molar refractivity (Wildman–Crippen MR) is 123 cm³/mol. The van der Waals surface area contributed by atoms with Gasteiger partial charge in [0.05, 0.1) is 17.2 Å². The van der Waals surface area contributed by atoms with Crippen molar-refractivity contribution in [2.45, 2.75) is 13.2 Å². The number of rotatable bonds is 7. The molecule has 0 saturated carbocycles. The molecule has 3 aromatic rings. The van der Waals surface area contributed by atoms with E-state index in [0.29, 0.717) is 34.7 Å². The van der Waals surface area contributed by atoms with E-state index in [1.807, 2.05) is 42.5 Å². The van der Waals surface area contributed by atoms with Gasteiger partial charge in [0.2, 0.25) is 0 Å². The number of ether oxygens (including phenoxy) is 2. The lowest BCUT2D eigenvalue weighted by molar-refractivity contribution is 0.281. The van der Waals surface area contributed by atoms with Crippen LogP contribution in [-0.4, -0.2) is 7.11 Å².